The molecular weight excluding hydrogens is 567 g/mol. The van der Waals surface area contributed by atoms with Crippen molar-refractivity contribution in [2.45, 2.75) is 0 Å². The van der Waals surface area contributed by atoms with Crippen molar-refractivity contribution in [3.63, 3.8) is 0 Å². The second-order valence-electron chi connectivity index (χ2n) is 11.3. The lowest BCUT2D eigenvalue weighted by Crippen LogP contribution is -1.92. The van der Waals surface area contributed by atoms with E-state index < -0.39 is 0 Å². The number of nitriles is 1. The molecule has 0 amide bonds. The zero-order valence-electron chi connectivity index (χ0n) is 24.0. The Labute approximate surface area is 263 Å². The second-order valence-corrected chi connectivity index (χ2v) is 12.4. The van der Waals surface area contributed by atoms with Crippen LogP contribution in [0.5, 0.6) is 0 Å². The van der Waals surface area contributed by atoms with Crippen LogP contribution in [0.3, 0.4) is 0 Å². The van der Waals surface area contributed by atoms with Gasteiger partial charge >= 0.3 is 0 Å². The number of pyridine rings is 2. The number of hydrogen-bond acceptors (Lipinski definition) is 4. The lowest BCUT2D eigenvalue weighted by Gasteiger charge is -2.16. The maximum atomic E-state index is 9.55. The van der Waals surface area contributed by atoms with E-state index in [1.54, 1.807) is 23.7 Å². The quantitative estimate of drug-likeness (QED) is 0.193. The summed E-state index contributed by atoms with van der Waals surface area (Å²) in [5.41, 5.74) is 7.10. The third kappa shape index (κ3) is 4.10. The third-order valence-electron chi connectivity index (χ3n) is 8.79. The molecule has 0 aliphatic carbocycles. The predicted molar refractivity (Wildman–Crippen MR) is 188 cm³/mol. The molecule has 0 fully saturated rings. The number of rotatable bonds is 3. The molecule has 0 aliphatic heterocycles. The normalized spacial score (nSPS) is 11.5. The SMILES string of the molecule is N#Cc1ccc2sc3ccc(-c4cc5c6ccccc6c(-c6cccc(-c7ccncc7)n6)cc5c5ccccc45)cc3c2c1. The van der Waals surface area contributed by atoms with Crippen LogP contribution in [0.2, 0.25) is 0 Å². The van der Waals surface area contributed by atoms with E-state index in [4.69, 9.17) is 4.98 Å². The summed E-state index contributed by atoms with van der Waals surface area (Å²) < 4.78 is 2.43. The van der Waals surface area contributed by atoms with Gasteiger partial charge < -0.3 is 0 Å². The third-order valence-corrected chi connectivity index (χ3v) is 9.94. The fourth-order valence-corrected chi connectivity index (χ4v) is 7.75. The molecule has 0 aliphatic rings. The van der Waals surface area contributed by atoms with Crippen molar-refractivity contribution < 1.29 is 0 Å². The molecule has 6 aromatic carbocycles. The summed E-state index contributed by atoms with van der Waals surface area (Å²) in [6, 6.07) is 47.3. The number of benzene rings is 6. The summed E-state index contributed by atoms with van der Waals surface area (Å²) in [7, 11) is 0. The summed E-state index contributed by atoms with van der Waals surface area (Å²) >= 11 is 1.77. The molecule has 3 heterocycles. The van der Waals surface area contributed by atoms with Gasteiger partial charge in [-0.3, -0.25) is 4.98 Å². The Balaban J connectivity index is 1.32. The molecule has 0 radical (unpaired) electrons. The largest absolute Gasteiger partial charge is 0.265 e. The molecule has 3 aromatic heterocycles. The fraction of sp³-hybridized carbons (Fsp3) is 0. The topological polar surface area (TPSA) is 49.6 Å². The van der Waals surface area contributed by atoms with E-state index in [0.717, 1.165) is 27.9 Å². The summed E-state index contributed by atoms with van der Waals surface area (Å²) in [6.07, 6.45) is 3.61. The van der Waals surface area contributed by atoms with Crippen molar-refractivity contribution in [2.24, 2.45) is 0 Å². The molecule has 0 atom stereocenters. The summed E-state index contributed by atoms with van der Waals surface area (Å²) in [4.78, 5) is 9.31. The molecule has 0 N–H and O–H groups in total. The molecular formula is C41H23N3S. The maximum absolute atomic E-state index is 9.55. The summed E-state index contributed by atoms with van der Waals surface area (Å²) in [6.45, 7) is 0. The molecule has 0 bridgehead atoms. The number of nitrogens with zero attached hydrogens (tertiary/aromatic N) is 3. The van der Waals surface area contributed by atoms with Gasteiger partial charge in [-0.05, 0) is 110 Å². The Morgan fingerprint density at radius 1 is 0.467 bits per heavy atom. The average molecular weight is 590 g/mol. The van der Waals surface area contributed by atoms with Gasteiger partial charge in [-0.15, -0.1) is 11.3 Å². The van der Waals surface area contributed by atoms with E-state index in [-0.39, 0.29) is 0 Å². The Morgan fingerprint density at radius 2 is 1.09 bits per heavy atom. The highest BCUT2D eigenvalue weighted by Crippen LogP contribution is 2.43. The minimum atomic E-state index is 0.687. The second kappa shape index (κ2) is 10.1. The molecule has 0 saturated heterocycles. The lowest BCUT2D eigenvalue weighted by atomic mass is 9.88. The summed E-state index contributed by atoms with van der Waals surface area (Å²) in [5, 5.41) is 19.1. The van der Waals surface area contributed by atoms with E-state index in [0.29, 0.717) is 5.56 Å². The van der Waals surface area contributed by atoms with Crippen LogP contribution in [0.25, 0.3) is 86.1 Å². The predicted octanol–water partition coefficient (Wildman–Crippen LogP) is 11.2. The Kier molecular flexibility index (Phi) is 5.74. The number of aromatic nitrogens is 2. The zero-order chi connectivity index (χ0) is 29.9. The van der Waals surface area contributed by atoms with Gasteiger partial charge in [0.1, 0.15) is 0 Å². The lowest BCUT2D eigenvalue weighted by molar-refractivity contribution is 1.29. The highest BCUT2D eigenvalue weighted by molar-refractivity contribution is 7.25. The van der Waals surface area contributed by atoms with E-state index in [2.05, 4.69) is 114 Å². The van der Waals surface area contributed by atoms with Crippen LogP contribution >= 0.6 is 11.3 Å². The highest BCUT2D eigenvalue weighted by Gasteiger charge is 2.16. The molecule has 9 aromatic rings. The maximum Gasteiger partial charge on any atom is 0.0991 e. The Hall–Kier alpha value is -5.89. The van der Waals surface area contributed by atoms with Crippen LogP contribution in [0, 0.1) is 11.3 Å². The monoisotopic (exact) mass is 589 g/mol. The van der Waals surface area contributed by atoms with Crippen molar-refractivity contribution in [1.29, 1.82) is 5.26 Å². The minimum Gasteiger partial charge on any atom is -0.265 e. The van der Waals surface area contributed by atoms with Gasteiger partial charge in [-0.2, -0.15) is 5.26 Å². The van der Waals surface area contributed by atoms with Crippen molar-refractivity contribution >= 4 is 63.8 Å². The van der Waals surface area contributed by atoms with Crippen molar-refractivity contribution in [3.8, 4) is 39.7 Å². The molecule has 9 rings (SSSR count). The molecule has 45 heavy (non-hydrogen) atoms. The minimum absolute atomic E-state index is 0.687. The van der Waals surface area contributed by atoms with Gasteiger partial charge in [0, 0.05) is 43.7 Å². The molecule has 0 spiro atoms. The van der Waals surface area contributed by atoms with Crippen LogP contribution in [-0.2, 0) is 0 Å². The summed E-state index contributed by atoms with van der Waals surface area (Å²) in [5.74, 6) is 0. The smallest absolute Gasteiger partial charge is 0.0991 e. The van der Waals surface area contributed by atoms with Crippen LogP contribution < -0.4 is 0 Å². The van der Waals surface area contributed by atoms with E-state index in [1.807, 2.05) is 24.3 Å². The standard InChI is InChI=1S/C41H23N3S/c42-24-25-12-14-40-36(20-25)37-21-27(13-15-41(37)45-40)32-22-33-30-8-3-4-9-31(30)35(23-34(33)29-7-2-1-6-28(29)32)39-11-5-10-38(44-39)26-16-18-43-19-17-26/h1-23H. The first-order valence-corrected chi connectivity index (χ1v) is 15.7. The van der Waals surface area contributed by atoms with Gasteiger partial charge in [-0.25, -0.2) is 4.98 Å². The van der Waals surface area contributed by atoms with Crippen LogP contribution in [0.1, 0.15) is 5.56 Å². The van der Waals surface area contributed by atoms with Crippen LogP contribution in [0.4, 0.5) is 0 Å². The fourth-order valence-electron chi connectivity index (χ4n) is 6.68. The Bertz CT molecular complexity index is 2660. The first-order valence-electron chi connectivity index (χ1n) is 14.9. The van der Waals surface area contributed by atoms with E-state index >= 15 is 0 Å². The first-order chi connectivity index (χ1) is 22.2. The molecule has 3 nitrogen and oxygen atoms in total. The molecule has 0 saturated carbocycles. The average Bonchev–Trinajstić information content (AvgIpc) is 3.48. The zero-order valence-corrected chi connectivity index (χ0v) is 24.8. The van der Waals surface area contributed by atoms with Gasteiger partial charge in [0.25, 0.3) is 0 Å². The first kappa shape index (κ1) is 25.6. The van der Waals surface area contributed by atoms with Gasteiger partial charge in [0.05, 0.1) is 23.0 Å². The van der Waals surface area contributed by atoms with Crippen molar-refractivity contribution in [1.82, 2.24) is 9.97 Å². The molecule has 0 unspecified atom stereocenters. The van der Waals surface area contributed by atoms with Gasteiger partial charge in [0.15, 0.2) is 0 Å². The Morgan fingerprint density at radius 3 is 1.82 bits per heavy atom. The highest BCUT2D eigenvalue weighted by atomic mass is 32.1. The van der Waals surface area contributed by atoms with Crippen LogP contribution in [-0.4, -0.2) is 9.97 Å². The van der Waals surface area contributed by atoms with E-state index in [9.17, 15) is 5.26 Å². The molecule has 208 valence electrons. The van der Waals surface area contributed by atoms with E-state index in [1.165, 1.54) is 58.2 Å². The van der Waals surface area contributed by atoms with Gasteiger partial charge in [-0.1, -0.05) is 60.7 Å². The van der Waals surface area contributed by atoms with Gasteiger partial charge in [0.2, 0.25) is 0 Å². The number of fused-ring (bicyclic) bond motifs is 8. The van der Waals surface area contributed by atoms with Crippen molar-refractivity contribution in [2.75, 3.05) is 0 Å². The number of hydrogen-bond donors (Lipinski definition) is 0. The van der Waals surface area contributed by atoms with Crippen LogP contribution in [0.15, 0.2) is 140 Å². The number of thiophene rings is 1. The van der Waals surface area contributed by atoms with Crippen molar-refractivity contribution in [3.05, 3.63) is 145 Å². The molecule has 4 heteroatoms.